The van der Waals surface area contributed by atoms with Gasteiger partial charge in [-0.2, -0.15) is 5.26 Å². The Morgan fingerprint density at radius 3 is 2.68 bits per heavy atom. The van der Waals surface area contributed by atoms with Crippen LogP contribution in [0.15, 0.2) is 32.9 Å². The SMILES string of the molecule is CCSc1nnc(SC(C)C(=O)Nc2ccc(C#N)cc2)s1. The predicted molar refractivity (Wildman–Crippen MR) is 91.4 cm³/mol. The summed E-state index contributed by atoms with van der Waals surface area (Å²) in [6.07, 6.45) is 0. The molecular formula is C14H14N4OS3. The molecule has 0 aliphatic carbocycles. The van der Waals surface area contributed by atoms with Crippen LogP contribution in [0.4, 0.5) is 5.69 Å². The molecule has 1 aromatic heterocycles. The first kappa shape index (κ1) is 16.8. The zero-order chi connectivity index (χ0) is 15.9. The second-order valence-electron chi connectivity index (χ2n) is 4.21. The fraction of sp³-hybridized carbons (Fsp3) is 0.286. The molecule has 1 atom stereocenters. The van der Waals surface area contributed by atoms with Gasteiger partial charge in [-0.1, -0.05) is 41.8 Å². The molecule has 1 aromatic carbocycles. The van der Waals surface area contributed by atoms with Crippen molar-refractivity contribution in [2.45, 2.75) is 27.8 Å². The fourth-order valence-electron chi connectivity index (χ4n) is 1.50. The molecule has 114 valence electrons. The van der Waals surface area contributed by atoms with Crippen molar-refractivity contribution in [3.05, 3.63) is 29.8 Å². The largest absolute Gasteiger partial charge is 0.325 e. The monoisotopic (exact) mass is 350 g/mol. The van der Waals surface area contributed by atoms with Crippen LogP contribution in [0.25, 0.3) is 0 Å². The summed E-state index contributed by atoms with van der Waals surface area (Å²) in [6.45, 7) is 3.89. The first-order valence-electron chi connectivity index (χ1n) is 6.56. The third-order valence-corrected chi connectivity index (χ3v) is 5.71. The van der Waals surface area contributed by atoms with Gasteiger partial charge in [-0.05, 0) is 36.9 Å². The number of anilines is 1. The van der Waals surface area contributed by atoms with Gasteiger partial charge in [-0.25, -0.2) is 0 Å². The predicted octanol–water partition coefficient (Wildman–Crippen LogP) is 3.64. The minimum Gasteiger partial charge on any atom is -0.325 e. The summed E-state index contributed by atoms with van der Waals surface area (Å²) >= 11 is 4.54. The molecule has 0 aliphatic rings. The third kappa shape index (κ3) is 4.73. The number of hydrogen-bond acceptors (Lipinski definition) is 7. The number of rotatable bonds is 6. The van der Waals surface area contributed by atoms with E-state index in [1.54, 1.807) is 36.0 Å². The molecule has 1 amide bonds. The number of hydrogen-bond donors (Lipinski definition) is 1. The van der Waals surface area contributed by atoms with Gasteiger partial charge in [0.1, 0.15) is 0 Å². The van der Waals surface area contributed by atoms with Crippen molar-refractivity contribution < 1.29 is 4.79 Å². The summed E-state index contributed by atoms with van der Waals surface area (Å²) in [7, 11) is 0. The number of nitrogens with zero attached hydrogens (tertiary/aromatic N) is 3. The molecule has 1 unspecified atom stereocenters. The highest BCUT2D eigenvalue weighted by atomic mass is 32.2. The van der Waals surface area contributed by atoms with Gasteiger partial charge in [0.15, 0.2) is 8.68 Å². The quantitative estimate of drug-likeness (QED) is 0.801. The Labute approximate surface area is 141 Å². The second kappa shape index (κ2) is 8.17. The Hall–Kier alpha value is -1.56. The Bertz CT molecular complexity index is 678. The molecule has 2 rings (SSSR count). The summed E-state index contributed by atoms with van der Waals surface area (Å²) in [5.74, 6) is 0.850. The number of carbonyl (C=O) groups is 1. The van der Waals surface area contributed by atoms with Gasteiger partial charge in [-0.3, -0.25) is 4.79 Å². The van der Waals surface area contributed by atoms with Crippen LogP contribution in [0.1, 0.15) is 19.4 Å². The van der Waals surface area contributed by atoms with E-state index in [2.05, 4.69) is 22.4 Å². The van der Waals surface area contributed by atoms with Crippen LogP contribution in [0.2, 0.25) is 0 Å². The van der Waals surface area contributed by atoms with Crippen molar-refractivity contribution in [2.24, 2.45) is 0 Å². The second-order valence-corrected chi connectivity index (χ2v) is 8.28. The fourth-order valence-corrected chi connectivity index (χ4v) is 4.56. The van der Waals surface area contributed by atoms with Gasteiger partial charge >= 0.3 is 0 Å². The summed E-state index contributed by atoms with van der Waals surface area (Å²) in [5.41, 5.74) is 1.24. The maximum atomic E-state index is 12.2. The van der Waals surface area contributed by atoms with E-state index >= 15 is 0 Å². The number of aromatic nitrogens is 2. The van der Waals surface area contributed by atoms with Gasteiger partial charge < -0.3 is 5.32 Å². The van der Waals surface area contributed by atoms with Crippen LogP contribution in [0.5, 0.6) is 0 Å². The minimum absolute atomic E-state index is 0.102. The molecule has 0 fully saturated rings. The highest BCUT2D eigenvalue weighted by molar-refractivity contribution is 8.03. The summed E-state index contributed by atoms with van der Waals surface area (Å²) in [4.78, 5) is 12.2. The van der Waals surface area contributed by atoms with E-state index in [0.717, 1.165) is 14.4 Å². The van der Waals surface area contributed by atoms with Gasteiger partial charge in [0, 0.05) is 5.69 Å². The van der Waals surface area contributed by atoms with Crippen LogP contribution in [-0.4, -0.2) is 27.1 Å². The van der Waals surface area contributed by atoms with Gasteiger partial charge in [0.05, 0.1) is 16.9 Å². The minimum atomic E-state index is -0.275. The number of benzene rings is 1. The number of amides is 1. The highest BCUT2D eigenvalue weighted by Gasteiger charge is 2.17. The first-order chi connectivity index (χ1) is 10.6. The Kier molecular flexibility index (Phi) is 6.24. The number of nitrogens with one attached hydrogen (secondary N) is 1. The average molecular weight is 350 g/mol. The Morgan fingerprint density at radius 2 is 2.05 bits per heavy atom. The lowest BCUT2D eigenvalue weighted by Crippen LogP contribution is -2.22. The lowest BCUT2D eigenvalue weighted by atomic mass is 10.2. The molecular weight excluding hydrogens is 336 g/mol. The topological polar surface area (TPSA) is 78.7 Å². The molecule has 0 saturated carbocycles. The summed E-state index contributed by atoms with van der Waals surface area (Å²) < 4.78 is 1.71. The molecule has 0 spiro atoms. The Morgan fingerprint density at radius 1 is 1.36 bits per heavy atom. The van der Waals surface area contributed by atoms with E-state index in [1.165, 1.54) is 23.1 Å². The van der Waals surface area contributed by atoms with Crippen LogP contribution in [0.3, 0.4) is 0 Å². The molecule has 0 radical (unpaired) electrons. The first-order valence-corrected chi connectivity index (χ1v) is 9.24. The highest BCUT2D eigenvalue weighted by Crippen LogP contribution is 2.31. The molecule has 0 bridgehead atoms. The molecule has 5 nitrogen and oxygen atoms in total. The van der Waals surface area contributed by atoms with E-state index in [1.807, 2.05) is 13.0 Å². The van der Waals surface area contributed by atoms with Crippen molar-refractivity contribution in [3.63, 3.8) is 0 Å². The maximum absolute atomic E-state index is 12.2. The molecule has 0 aliphatic heterocycles. The van der Waals surface area contributed by atoms with Gasteiger partial charge in [0.2, 0.25) is 5.91 Å². The van der Waals surface area contributed by atoms with Crippen molar-refractivity contribution in [1.82, 2.24) is 10.2 Å². The molecule has 1 N–H and O–H groups in total. The van der Waals surface area contributed by atoms with E-state index in [0.29, 0.717) is 11.3 Å². The molecule has 22 heavy (non-hydrogen) atoms. The molecule has 0 saturated heterocycles. The van der Waals surface area contributed by atoms with Crippen LogP contribution < -0.4 is 5.32 Å². The average Bonchev–Trinajstić information content (AvgIpc) is 2.95. The zero-order valence-corrected chi connectivity index (χ0v) is 14.5. The number of carbonyl (C=O) groups excluding carboxylic acids is 1. The van der Waals surface area contributed by atoms with Crippen molar-refractivity contribution in [1.29, 1.82) is 5.26 Å². The molecule has 8 heteroatoms. The van der Waals surface area contributed by atoms with Crippen molar-refractivity contribution in [2.75, 3.05) is 11.1 Å². The van der Waals surface area contributed by atoms with Crippen molar-refractivity contribution >= 4 is 46.5 Å². The van der Waals surface area contributed by atoms with E-state index in [9.17, 15) is 4.79 Å². The van der Waals surface area contributed by atoms with Crippen LogP contribution in [0, 0.1) is 11.3 Å². The van der Waals surface area contributed by atoms with Gasteiger partial charge in [-0.15, -0.1) is 10.2 Å². The normalized spacial score (nSPS) is 11.7. The van der Waals surface area contributed by atoms with E-state index < -0.39 is 0 Å². The van der Waals surface area contributed by atoms with Crippen molar-refractivity contribution in [3.8, 4) is 6.07 Å². The third-order valence-electron chi connectivity index (χ3n) is 2.58. The zero-order valence-electron chi connectivity index (χ0n) is 12.1. The molecule has 1 heterocycles. The number of thioether (sulfide) groups is 2. The van der Waals surface area contributed by atoms with Crippen LogP contribution in [-0.2, 0) is 4.79 Å². The smallest absolute Gasteiger partial charge is 0.237 e. The standard InChI is InChI=1S/C14H14N4OS3/c1-3-20-13-17-18-14(22-13)21-9(2)12(19)16-11-6-4-10(8-15)5-7-11/h4-7,9H,3H2,1-2H3,(H,16,19). The lowest BCUT2D eigenvalue weighted by molar-refractivity contribution is -0.115. The van der Waals surface area contributed by atoms with Gasteiger partial charge in [0.25, 0.3) is 0 Å². The summed E-state index contributed by atoms with van der Waals surface area (Å²) in [5, 5.41) is 19.5. The summed E-state index contributed by atoms with van der Waals surface area (Å²) in [6, 6.07) is 8.82. The van der Waals surface area contributed by atoms with E-state index in [-0.39, 0.29) is 11.2 Å². The maximum Gasteiger partial charge on any atom is 0.237 e. The van der Waals surface area contributed by atoms with Crippen LogP contribution >= 0.6 is 34.9 Å². The van der Waals surface area contributed by atoms with E-state index in [4.69, 9.17) is 5.26 Å². The Balaban J connectivity index is 1.91. The number of nitriles is 1. The molecule has 2 aromatic rings. The lowest BCUT2D eigenvalue weighted by Gasteiger charge is -2.10.